The van der Waals surface area contributed by atoms with E-state index in [0.717, 1.165) is 5.56 Å². The summed E-state index contributed by atoms with van der Waals surface area (Å²) < 4.78 is 14.7. The minimum Gasteiger partial charge on any atom is -0.390 e. The maximum Gasteiger partial charge on any atom is 0.125 e. The summed E-state index contributed by atoms with van der Waals surface area (Å²) in [5.74, 6) is -0.286. The van der Waals surface area contributed by atoms with Crippen LogP contribution in [0.25, 0.3) is 5.69 Å². The second-order valence-electron chi connectivity index (χ2n) is 3.40. The molecule has 0 aliphatic heterocycles. The van der Waals surface area contributed by atoms with E-state index in [2.05, 4.69) is 5.10 Å². The van der Waals surface area contributed by atoms with Crippen LogP contribution in [-0.4, -0.2) is 14.9 Å². The number of aryl methyl sites for hydroxylation is 1. The van der Waals surface area contributed by atoms with E-state index in [-0.39, 0.29) is 12.4 Å². The van der Waals surface area contributed by atoms with Crippen LogP contribution < -0.4 is 0 Å². The van der Waals surface area contributed by atoms with Crippen LogP contribution >= 0.6 is 0 Å². The van der Waals surface area contributed by atoms with E-state index in [1.54, 1.807) is 16.9 Å². The summed E-state index contributed by atoms with van der Waals surface area (Å²) in [6, 6.07) is 6.39. The van der Waals surface area contributed by atoms with E-state index in [1.165, 1.54) is 12.1 Å². The molecule has 4 heteroatoms. The highest BCUT2D eigenvalue weighted by molar-refractivity contribution is 5.35. The SMILES string of the molecule is Cc1cc(F)cc(-n2ccc(CO)n2)c1. The molecule has 0 amide bonds. The molecule has 2 rings (SSSR count). The molecule has 1 aromatic carbocycles. The van der Waals surface area contributed by atoms with Gasteiger partial charge in [0.25, 0.3) is 0 Å². The normalized spacial score (nSPS) is 10.6. The molecule has 0 aliphatic carbocycles. The number of rotatable bonds is 2. The lowest BCUT2D eigenvalue weighted by Crippen LogP contribution is -1.97. The van der Waals surface area contributed by atoms with Crippen LogP contribution in [0.1, 0.15) is 11.3 Å². The summed E-state index contributed by atoms with van der Waals surface area (Å²) in [5.41, 5.74) is 2.06. The molecule has 0 atom stereocenters. The van der Waals surface area contributed by atoms with Crippen LogP contribution in [0.4, 0.5) is 4.39 Å². The average molecular weight is 206 g/mol. The van der Waals surface area contributed by atoms with Gasteiger partial charge in [0, 0.05) is 6.20 Å². The predicted octanol–water partition coefficient (Wildman–Crippen LogP) is 1.81. The minimum absolute atomic E-state index is 0.110. The van der Waals surface area contributed by atoms with Gasteiger partial charge in [0.2, 0.25) is 0 Å². The molecule has 0 saturated carbocycles. The third-order valence-corrected chi connectivity index (χ3v) is 2.10. The van der Waals surface area contributed by atoms with Gasteiger partial charge in [0.15, 0.2) is 0 Å². The van der Waals surface area contributed by atoms with Gasteiger partial charge in [-0.15, -0.1) is 0 Å². The van der Waals surface area contributed by atoms with E-state index < -0.39 is 0 Å². The maximum atomic E-state index is 13.1. The largest absolute Gasteiger partial charge is 0.390 e. The summed E-state index contributed by atoms with van der Waals surface area (Å²) in [6.45, 7) is 1.71. The molecular formula is C11H11FN2O. The van der Waals surface area contributed by atoms with Gasteiger partial charge >= 0.3 is 0 Å². The zero-order chi connectivity index (χ0) is 10.8. The minimum atomic E-state index is -0.286. The highest BCUT2D eigenvalue weighted by Gasteiger charge is 2.02. The van der Waals surface area contributed by atoms with E-state index in [9.17, 15) is 4.39 Å². The Bertz CT molecular complexity index is 459. The Morgan fingerprint density at radius 3 is 2.80 bits per heavy atom. The van der Waals surface area contributed by atoms with Gasteiger partial charge in [-0.2, -0.15) is 5.10 Å². The Hall–Kier alpha value is -1.68. The summed E-state index contributed by atoms with van der Waals surface area (Å²) in [7, 11) is 0. The fourth-order valence-corrected chi connectivity index (χ4v) is 1.44. The molecule has 3 nitrogen and oxygen atoms in total. The fraction of sp³-hybridized carbons (Fsp3) is 0.182. The summed E-state index contributed by atoms with van der Waals surface area (Å²) >= 11 is 0. The number of aliphatic hydroxyl groups is 1. The van der Waals surface area contributed by atoms with Gasteiger partial charge in [-0.05, 0) is 36.8 Å². The first kappa shape index (κ1) is 9.86. The monoisotopic (exact) mass is 206 g/mol. The summed E-state index contributed by atoms with van der Waals surface area (Å²) in [4.78, 5) is 0. The van der Waals surface area contributed by atoms with Gasteiger partial charge in [-0.1, -0.05) is 0 Å². The van der Waals surface area contributed by atoms with Crippen LogP contribution in [0.5, 0.6) is 0 Å². The molecule has 2 aromatic rings. The molecule has 0 aliphatic rings. The van der Waals surface area contributed by atoms with E-state index in [0.29, 0.717) is 11.4 Å². The molecule has 78 valence electrons. The van der Waals surface area contributed by atoms with Crippen LogP contribution in [0.3, 0.4) is 0 Å². The number of aromatic nitrogens is 2. The number of halogens is 1. The van der Waals surface area contributed by atoms with Crippen molar-refractivity contribution in [1.29, 1.82) is 0 Å². The van der Waals surface area contributed by atoms with Crippen molar-refractivity contribution >= 4 is 0 Å². The number of nitrogens with zero attached hydrogens (tertiary/aromatic N) is 2. The highest BCUT2D eigenvalue weighted by atomic mass is 19.1. The Balaban J connectivity index is 2.44. The second-order valence-corrected chi connectivity index (χ2v) is 3.40. The van der Waals surface area contributed by atoms with Gasteiger partial charge in [0.1, 0.15) is 5.82 Å². The van der Waals surface area contributed by atoms with Crippen LogP contribution in [0.2, 0.25) is 0 Å². The second kappa shape index (κ2) is 3.82. The topological polar surface area (TPSA) is 38.0 Å². The first-order valence-corrected chi connectivity index (χ1v) is 4.62. The molecule has 1 N–H and O–H groups in total. The van der Waals surface area contributed by atoms with Crippen molar-refractivity contribution in [2.24, 2.45) is 0 Å². The Morgan fingerprint density at radius 2 is 2.20 bits per heavy atom. The zero-order valence-electron chi connectivity index (χ0n) is 8.31. The summed E-state index contributed by atoms with van der Waals surface area (Å²) in [6.07, 6.45) is 1.69. The predicted molar refractivity (Wildman–Crippen MR) is 54.2 cm³/mol. The molecule has 0 unspecified atom stereocenters. The lowest BCUT2D eigenvalue weighted by Gasteiger charge is -2.02. The van der Waals surface area contributed by atoms with Crippen molar-refractivity contribution in [2.75, 3.05) is 0 Å². The Morgan fingerprint density at radius 1 is 1.40 bits per heavy atom. The lowest BCUT2D eigenvalue weighted by atomic mass is 10.2. The molecule has 1 aromatic heterocycles. The number of hydrogen-bond donors (Lipinski definition) is 1. The van der Waals surface area contributed by atoms with Crippen molar-refractivity contribution < 1.29 is 9.50 Å². The number of hydrogen-bond acceptors (Lipinski definition) is 2. The fourth-order valence-electron chi connectivity index (χ4n) is 1.44. The third-order valence-electron chi connectivity index (χ3n) is 2.10. The van der Waals surface area contributed by atoms with Crippen molar-refractivity contribution in [3.63, 3.8) is 0 Å². The molecule has 0 bridgehead atoms. The van der Waals surface area contributed by atoms with Gasteiger partial charge in [-0.25, -0.2) is 9.07 Å². The summed E-state index contributed by atoms with van der Waals surface area (Å²) in [5, 5.41) is 12.9. The zero-order valence-corrected chi connectivity index (χ0v) is 8.31. The molecule has 0 spiro atoms. The Labute approximate surface area is 86.8 Å². The smallest absolute Gasteiger partial charge is 0.125 e. The highest BCUT2D eigenvalue weighted by Crippen LogP contribution is 2.12. The number of benzene rings is 1. The van der Waals surface area contributed by atoms with Crippen molar-refractivity contribution in [1.82, 2.24) is 9.78 Å². The molecule has 1 heterocycles. The molecule has 0 fully saturated rings. The van der Waals surface area contributed by atoms with Crippen LogP contribution in [0.15, 0.2) is 30.5 Å². The number of aliphatic hydroxyl groups excluding tert-OH is 1. The van der Waals surface area contributed by atoms with Crippen molar-refractivity contribution in [3.05, 3.63) is 47.5 Å². The van der Waals surface area contributed by atoms with Crippen LogP contribution in [-0.2, 0) is 6.61 Å². The van der Waals surface area contributed by atoms with Gasteiger partial charge < -0.3 is 5.11 Å². The van der Waals surface area contributed by atoms with E-state index >= 15 is 0 Å². The standard InChI is InChI=1S/C11H11FN2O/c1-8-4-9(12)6-11(5-8)14-3-2-10(7-15)13-14/h2-6,15H,7H2,1H3. The van der Waals surface area contributed by atoms with Gasteiger partial charge in [-0.3, -0.25) is 0 Å². The lowest BCUT2D eigenvalue weighted by molar-refractivity contribution is 0.276. The third kappa shape index (κ3) is 2.05. The van der Waals surface area contributed by atoms with Crippen molar-refractivity contribution in [2.45, 2.75) is 13.5 Å². The first-order chi connectivity index (χ1) is 7.19. The maximum absolute atomic E-state index is 13.1. The van der Waals surface area contributed by atoms with Gasteiger partial charge in [0.05, 0.1) is 18.0 Å². The van der Waals surface area contributed by atoms with Crippen molar-refractivity contribution in [3.8, 4) is 5.69 Å². The van der Waals surface area contributed by atoms with Crippen LogP contribution in [0, 0.1) is 12.7 Å². The molecule has 15 heavy (non-hydrogen) atoms. The first-order valence-electron chi connectivity index (χ1n) is 4.62. The average Bonchev–Trinajstić information content (AvgIpc) is 2.64. The van der Waals surface area contributed by atoms with E-state index in [4.69, 9.17) is 5.11 Å². The molecular weight excluding hydrogens is 195 g/mol. The van der Waals surface area contributed by atoms with E-state index in [1.807, 2.05) is 13.0 Å². The molecule has 0 radical (unpaired) electrons. The Kier molecular flexibility index (Phi) is 2.51. The molecule has 0 saturated heterocycles. The quantitative estimate of drug-likeness (QED) is 0.813.